The average Bonchev–Trinajstić information content (AvgIpc) is 2.68. The molecule has 154 valence electrons. The molecule has 0 spiro atoms. The van der Waals surface area contributed by atoms with Gasteiger partial charge in [0.25, 0.3) is 0 Å². The highest BCUT2D eigenvalue weighted by molar-refractivity contribution is 6.30. The number of nitrogens with zero attached hydrogens (tertiary/aromatic N) is 1. The van der Waals surface area contributed by atoms with E-state index in [4.69, 9.17) is 16.3 Å². The van der Waals surface area contributed by atoms with Crippen molar-refractivity contribution in [3.8, 4) is 0 Å². The van der Waals surface area contributed by atoms with Gasteiger partial charge in [0.15, 0.2) is 0 Å². The summed E-state index contributed by atoms with van der Waals surface area (Å²) in [5.41, 5.74) is 2.75. The summed E-state index contributed by atoms with van der Waals surface area (Å²) in [7, 11) is 0. The fourth-order valence-corrected chi connectivity index (χ4v) is 3.46. The van der Waals surface area contributed by atoms with Crippen molar-refractivity contribution >= 4 is 29.1 Å². The van der Waals surface area contributed by atoms with Crippen molar-refractivity contribution in [3.63, 3.8) is 0 Å². The molecule has 0 bridgehead atoms. The minimum atomic E-state index is -0.135. The molecule has 1 heterocycles. The number of morpholine rings is 1. The van der Waals surface area contributed by atoms with Crippen LogP contribution in [0.15, 0.2) is 48.5 Å². The Kier molecular flexibility index (Phi) is 7.63. The van der Waals surface area contributed by atoms with Crippen molar-refractivity contribution in [1.29, 1.82) is 0 Å². The second-order valence-electron chi connectivity index (χ2n) is 7.22. The van der Waals surface area contributed by atoms with Gasteiger partial charge < -0.3 is 15.4 Å². The molecule has 0 unspecified atom stereocenters. The Morgan fingerprint density at radius 1 is 1.17 bits per heavy atom. The molecule has 2 aromatic carbocycles. The highest BCUT2D eigenvalue weighted by Crippen LogP contribution is 2.14. The Hall–Kier alpha value is -2.41. The largest absolute Gasteiger partial charge is 0.374 e. The van der Waals surface area contributed by atoms with Crippen LogP contribution in [0.1, 0.15) is 18.1 Å². The summed E-state index contributed by atoms with van der Waals surface area (Å²) >= 11 is 5.94. The zero-order valence-electron chi connectivity index (χ0n) is 16.5. The number of nitrogens with one attached hydrogen (secondary N) is 2. The zero-order valence-corrected chi connectivity index (χ0v) is 17.2. The number of halogens is 1. The van der Waals surface area contributed by atoms with Crippen LogP contribution in [-0.2, 0) is 27.3 Å². The standard InChI is InChI=1S/C22H26ClN3O3/c1-16(27)25-20-4-2-3-18(11-20)12-22(28)24-13-21-15-26(9-10-29-21)14-17-5-7-19(23)8-6-17/h2-8,11,21H,9-10,12-15H2,1H3,(H,24,28)(H,25,27)/t21-/m0/s1. The Morgan fingerprint density at radius 3 is 2.72 bits per heavy atom. The highest BCUT2D eigenvalue weighted by atomic mass is 35.5. The zero-order chi connectivity index (χ0) is 20.6. The number of rotatable bonds is 7. The monoisotopic (exact) mass is 415 g/mol. The van der Waals surface area contributed by atoms with Gasteiger partial charge in [0.05, 0.1) is 19.1 Å². The molecule has 1 aliphatic heterocycles. The first kappa shape index (κ1) is 21.3. The molecule has 0 radical (unpaired) electrons. The van der Waals surface area contributed by atoms with Crippen LogP contribution in [0, 0.1) is 0 Å². The van der Waals surface area contributed by atoms with Crippen LogP contribution in [0.25, 0.3) is 0 Å². The number of benzene rings is 2. The van der Waals surface area contributed by atoms with Crippen LogP contribution in [0.3, 0.4) is 0 Å². The number of carbonyl (C=O) groups excluding carboxylic acids is 2. The lowest BCUT2D eigenvalue weighted by molar-refractivity contribution is -0.121. The minimum absolute atomic E-state index is 0.0364. The Labute approximate surface area is 176 Å². The molecule has 29 heavy (non-hydrogen) atoms. The number of ether oxygens (including phenoxy) is 1. The summed E-state index contributed by atoms with van der Waals surface area (Å²) in [4.78, 5) is 25.8. The van der Waals surface area contributed by atoms with Crippen LogP contribution in [0.4, 0.5) is 5.69 Å². The third-order valence-corrected chi connectivity index (χ3v) is 4.93. The molecule has 3 rings (SSSR count). The van der Waals surface area contributed by atoms with Crippen LogP contribution >= 0.6 is 11.6 Å². The van der Waals surface area contributed by atoms with Gasteiger partial charge >= 0.3 is 0 Å². The highest BCUT2D eigenvalue weighted by Gasteiger charge is 2.21. The van der Waals surface area contributed by atoms with Crippen molar-refractivity contribution < 1.29 is 14.3 Å². The normalized spacial score (nSPS) is 17.0. The topological polar surface area (TPSA) is 70.7 Å². The van der Waals surface area contributed by atoms with Gasteiger partial charge in [0.2, 0.25) is 11.8 Å². The first-order chi connectivity index (χ1) is 14.0. The maximum absolute atomic E-state index is 12.3. The summed E-state index contributed by atoms with van der Waals surface area (Å²) in [6, 6.07) is 15.2. The van der Waals surface area contributed by atoms with E-state index >= 15 is 0 Å². The van der Waals surface area contributed by atoms with Gasteiger partial charge in [0.1, 0.15) is 0 Å². The molecule has 1 fully saturated rings. The van der Waals surface area contributed by atoms with E-state index in [0.29, 0.717) is 18.8 Å². The number of anilines is 1. The second kappa shape index (κ2) is 10.4. The first-order valence-corrected chi connectivity index (χ1v) is 10.1. The van der Waals surface area contributed by atoms with Gasteiger partial charge in [-0.05, 0) is 35.4 Å². The van der Waals surface area contributed by atoms with E-state index < -0.39 is 0 Å². The van der Waals surface area contributed by atoms with Gasteiger partial charge in [-0.3, -0.25) is 14.5 Å². The first-order valence-electron chi connectivity index (χ1n) is 9.69. The van der Waals surface area contributed by atoms with Crippen molar-refractivity contribution in [2.24, 2.45) is 0 Å². The third kappa shape index (κ3) is 7.16. The summed E-state index contributed by atoms with van der Waals surface area (Å²) < 4.78 is 5.80. The lowest BCUT2D eigenvalue weighted by Gasteiger charge is -2.33. The predicted molar refractivity (Wildman–Crippen MR) is 114 cm³/mol. The van der Waals surface area contributed by atoms with E-state index in [9.17, 15) is 9.59 Å². The van der Waals surface area contributed by atoms with Gasteiger partial charge in [-0.1, -0.05) is 35.9 Å². The van der Waals surface area contributed by atoms with Crippen molar-refractivity contribution in [2.45, 2.75) is 26.0 Å². The number of hydrogen-bond acceptors (Lipinski definition) is 4. The molecule has 0 saturated carbocycles. The van der Waals surface area contributed by atoms with Crippen LogP contribution in [-0.4, -0.2) is 49.1 Å². The Bertz CT molecular complexity index is 841. The van der Waals surface area contributed by atoms with Gasteiger partial charge in [-0.15, -0.1) is 0 Å². The number of hydrogen-bond donors (Lipinski definition) is 2. The third-order valence-electron chi connectivity index (χ3n) is 4.68. The Morgan fingerprint density at radius 2 is 1.97 bits per heavy atom. The molecule has 2 aromatic rings. The molecule has 1 saturated heterocycles. The maximum Gasteiger partial charge on any atom is 0.224 e. The van der Waals surface area contributed by atoms with Gasteiger partial charge in [-0.2, -0.15) is 0 Å². The quantitative estimate of drug-likeness (QED) is 0.729. The summed E-state index contributed by atoms with van der Waals surface area (Å²) in [6.07, 6.45) is 0.222. The molecule has 1 aliphatic rings. The molecular formula is C22H26ClN3O3. The smallest absolute Gasteiger partial charge is 0.224 e. The number of carbonyl (C=O) groups is 2. The lowest BCUT2D eigenvalue weighted by atomic mass is 10.1. The van der Waals surface area contributed by atoms with Crippen LogP contribution in [0.2, 0.25) is 5.02 Å². The second-order valence-corrected chi connectivity index (χ2v) is 7.65. The summed E-state index contributed by atoms with van der Waals surface area (Å²) in [5, 5.41) is 6.42. The van der Waals surface area contributed by atoms with Gasteiger partial charge in [-0.25, -0.2) is 0 Å². The van der Waals surface area contributed by atoms with E-state index in [1.165, 1.54) is 12.5 Å². The van der Waals surface area contributed by atoms with Crippen molar-refractivity contribution in [3.05, 3.63) is 64.7 Å². The lowest BCUT2D eigenvalue weighted by Crippen LogP contribution is -2.47. The summed E-state index contributed by atoms with van der Waals surface area (Å²) in [5.74, 6) is -0.201. The molecular weight excluding hydrogens is 390 g/mol. The molecule has 2 amide bonds. The van der Waals surface area contributed by atoms with Gasteiger partial charge in [0, 0.05) is 43.8 Å². The SMILES string of the molecule is CC(=O)Nc1cccc(CC(=O)NC[C@H]2CN(Cc3ccc(Cl)cc3)CCO2)c1. The van der Waals surface area contributed by atoms with E-state index in [1.807, 2.05) is 42.5 Å². The maximum atomic E-state index is 12.3. The van der Waals surface area contributed by atoms with E-state index in [1.54, 1.807) is 6.07 Å². The Balaban J connectivity index is 1.44. The minimum Gasteiger partial charge on any atom is -0.374 e. The summed E-state index contributed by atoms with van der Waals surface area (Å²) in [6.45, 7) is 5.04. The fourth-order valence-electron chi connectivity index (χ4n) is 3.33. The van der Waals surface area contributed by atoms with Crippen LogP contribution < -0.4 is 10.6 Å². The van der Waals surface area contributed by atoms with Crippen molar-refractivity contribution in [1.82, 2.24) is 10.2 Å². The molecule has 2 N–H and O–H groups in total. The van der Waals surface area contributed by atoms with E-state index in [2.05, 4.69) is 15.5 Å². The fraction of sp³-hybridized carbons (Fsp3) is 0.364. The average molecular weight is 416 g/mol. The molecule has 0 aromatic heterocycles. The predicted octanol–water partition coefficient (Wildman–Crippen LogP) is 2.86. The van der Waals surface area contributed by atoms with E-state index in [0.717, 1.165) is 30.2 Å². The molecule has 0 aliphatic carbocycles. The number of amides is 2. The molecule has 7 heteroatoms. The molecule has 6 nitrogen and oxygen atoms in total. The van der Waals surface area contributed by atoms with Crippen molar-refractivity contribution in [2.75, 3.05) is 31.6 Å². The van der Waals surface area contributed by atoms with Crippen LogP contribution in [0.5, 0.6) is 0 Å². The van der Waals surface area contributed by atoms with E-state index in [-0.39, 0.29) is 24.3 Å². The molecule has 1 atom stereocenters.